The van der Waals surface area contributed by atoms with Crippen LogP contribution in [0.5, 0.6) is 0 Å². The zero-order valence-electron chi connectivity index (χ0n) is 14.8. The number of rotatable bonds is 6. The van der Waals surface area contributed by atoms with Gasteiger partial charge in [-0.2, -0.15) is 11.8 Å². The first-order chi connectivity index (χ1) is 13.1. The summed E-state index contributed by atoms with van der Waals surface area (Å²) in [5.74, 6) is 1.47. The van der Waals surface area contributed by atoms with Crippen LogP contribution in [0, 0.1) is 5.82 Å². The average molecular weight is 387 g/mol. The minimum Gasteiger partial charge on any atom is -0.348 e. The molecular weight excluding hydrogens is 365 g/mol. The molecular formula is C20H22FN3O2S. The Bertz CT molecular complexity index is 775. The summed E-state index contributed by atoms with van der Waals surface area (Å²) in [5.41, 5.74) is 1.99. The first kappa shape index (κ1) is 19.4. The fourth-order valence-electron chi connectivity index (χ4n) is 2.78. The molecule has 0 aliphatic carbocycles. The SMILES string of the molecule is O=C(CC1CSCCN1)Nc1ccc(C(=O)NCc2ccc(F)cc2)cc1. The average Bonchev–Trinajstić information content (AvgIpc) is 2.68. The highest BCUT2D eigenvalue weighted by molar-refractivity contribution is 7.99. The molecule has 0 spiro atoms. The van der Waals surface area contributed by atoms with Crippen molar-refractivity contribution < 1.29 is 14.0 Å². The van der Waals surface area contributed by atoms with E-state index in [0.29, 0.717) is 24.2 Å². The minimum atomic E-state index is -0.305. The molecule has 2 aromatic carbocycles. The lowest BCUT2D eigenvalue weighted by Gasteiger charge is -2.22. The maximum Gasteiger partial charge on any atom is 0.251 e. The Morgan fingerprint density at radius 2 is 1.85 bits per heavy atom. The maximum atomic E-state index is 12.9. The van der Waals surface area contributed by atoms with E-state index in [-0.39, 0.29) is 23.7 Å². The third-order valence-electron chi connectivity index (χ3n) is 4.23. The molecule has 1 unspecified atom stereocenters. The van der Waals surface area contributed by atoms with Gasteiger partial charge in [0, 0.05) is 48.3 Å². The van der Waals surface area contributed by atoms with Crippen LogP contribution < -0.4 is 16.0 Å². The number of hydrogen-bond acceptors (Lipinski definition) is 4. The summed E-state index contributed by atoms with van der Waals surface area (Å²) in [6.45, 7) is 1.26. The Labute approximate surface area is 162 Å². The van der Waals surface area contributed by atoms with Gasteiger partial charge < -0.3 is 16.0 Å². The van der Waals surface area contributed by atoms with Gasteiger partial charge in [-0.05, 0) is 42.0 Å². The Morgan fingerprint density at radius 3 is 2.52 bits per heavy atom. The zero-order chi connectivity index (χ0) is 19.1. The summed E-state index contributed by atoms with van der Waals surface area (Å²) in [4.78, 5) is 24.3. The molecule has 0 saturated carbocycles. The number of benzene rings is 2. The summed E-state index contributed by atoms with van der Waals surface area (Å²) < 4.78 is 12.9. The second-order valence-corrected chi connectivity index (χ2v) is 7.51. The molecule has 1 heterocycles. The number of hydrogen-bond donors (Lipinski definition) is 3. The number of halogens is 1. The van der Waals surface area contributed by atoms with Gasteiger partial charge in [0.25, 0.3) is 5.91 Å². The number of amides is 2. The summed E-state index contributed by atoms with van der Waals surface area (Å²) in [6, 6.07) is 13.0. The number of nitrogens with one attached hydrogen (secondary N) is 3. The molecule has 0 radical (unpaired) electrons. The predicted octanol–water partition coefficient (Wildman–Crippen LogP) is 2.79. The van der Waals surface area contributed by atoms with Gasteiger partial charge in [0.2, 0.25) is 5.91 Å². The van der Waals surface area contributed by atoms with Gasteiger partial charge in [0.1, 0.15) is 5.82 Å². The van der Waals surface area contributed by atoms with Crippen molar-refractivity contribution in [3.63, 3.8) is 0 Å². The highest BCUT2D eigenvalue weighted by atomic mass is 32.2. The van der Waals surface area contributed by atoms with Crippen LogP contribution >= 0.6 is 11.8 Å². The quantitative estimate of drug-likeness (QED) is 0.713. The molecule has 2 aromatic rings. The fourth-order valence-corrected chi connectivity index (χ4v) is 3.73. The Hall–Kier alpha value is -2.38. The normalized spacial score (nSPS) is 16.6. The summed E-state index contributed by atoms with van der Waals surface area (Å²) in [6.07, 6.45) is 0.437. The van der Waals surface area contributed by atoms with E-state index in [2.05, 4.69) is 16.0 Å². The van der Waals surface area contributed by atoms with Crippen LogP contribution in [0.15, 0.2) is 48.5 Å². The minimum absolute atomic E-state index is 0.0384. The molecule has 3 rings (SSSR count). The molecule has 142 valence electrons. The summed E-state index contributed by atoms with van der Waals surface area (Å²) in [7, 11) is 0. The number of anilines is 1. The molecule has 1 aliphatic rings. The highest BCUT2D eigenvalue weighted by Gasteiger charge is 2.16. The van der Waals surface area contributed by atoms with Gasteiger partial charge >= 0.3 is 0 Å². The van der Waals surface area contributed by atoms with E-state index >= 15 is 0 Å². The molecule has 7 heteroatoms. The molecule has 1 fully saturated rings. The Kier molecular flexibility index (Phi) is 6.84. The molecule has 1 atom stereocenters. The van der Waals surface area contributed by atoms with E-state index in [4.69, 9.17) is 0 Å². The molecule has 0 aromatic heterocycles. The van der Waals surface area contributed by atoms with E-state index in [0.717, 1.165) is 23.6 Å². The summed E-state index contributed by atoms with van der Waals surface area (Å²) in [5, 5.41) is 8.99. The van der Waals surface area contributed by atoms with Gasteiger partial charge in [-0.3, -0.25) is 9.59 Å². The zero-order valence-corrected chi connectivity index (χ0v) is 15.7. The third kappa shape index (κ3) is 6.08. The van der Waals surface area contributed by atoms with E-state index in [1.807, 2.05) is 11.8 Å². The number of carbonyl (C=O) groups excluding carboxylic acids is 2. The van der Waals surface area contributed by atoms with Crippen LogP contribution in [0.25, 0.3) is 0 Å². The van der Waals surface area contributed by atoms with E-state index < -0.39 is 0 Å². The second-order valence-electron chi connectivity index (χ2n) is 6.36. The molecule has 0 bridgehead atoms. The fraction of sp³-hybridized carbons (Fsp3) is 0.300. The molecule has 27 heavy (non-hydrogen) atoms. The summed E-state index contributed by atoms with van der Waals surface area (Å²) >= 11 is 1.85. The number of carbonyl (C=O) groups is 2. The van der Waals surface area contributed by atoms with Crippen LogP contribution in [-0.4, -0.2) is 35.9 Å². The highest BCUT2D eigenvalue weighted by Crippen LogP contribution is 2.13. The number of thioether (sulfide) groups is 1. The molecule has 1 aliphatic heterocycles. The van der Waals surface area contributed by atoms with Crippen molar-refractivity contribution in [3.8, 4) is 0 Å². The topological polar surface area (TPSA) is 70.2 Å². The van der Waals surface area contributed by atoms with Crippen molar-refractivity contribution in [1.29, 1.82) is 0 Å². The Morgan fingerprint density at radius 1 is 1.11 bits per heavy atom. The van der Waals surface area contributed by atoms with Gasteiger partial charge in [0.15, 0.2) is 0 Å². The standard InChI is InChI=1S/C20H22FN3O2S/c21-16-5-1-14(2-6-16)12-23-20(26)15-3-7-17(8-4-15)24-19(25)11-18-13-27-10-9-22-18/h1-8,18,22H,9-13H2,(H,23,26)(H,24,25). The first-order valence-corrected chi connectivity index (χ1v) is 9.99. The first-order valence-electron chi connectivity index (χ1n) is 8.84. The van der Waals surface area contributed by atoms with Crippen molar-refractivity contribution in [2.24, 2.45) is 0 Å². The van der Waals surface area contributed by atoms with Gasteiger partial charge in [-0.25, -0.2) is 4.39 Å². The molecule has 1 saturated heterocycles. The van der Waals surface area contributed by atoms with Crippen LogP contribution in [0.1, 0.15) is 22.3 Å². The van der Waals surface area contributed by atoms with Gasteiger partial charge in [-0.1, -0.05) is 12.1 Å². The lowest BCUT2D eigenvalue weighted by Crippen LogP contribution is -2.39. The second kappa shape index (κ2) is 9.53. The smallest absolute Gasteiger partial charge is 0.251 e. The third-order valence-corrected chi connectivity index (χ3v) is 5.36. The van der Waals surface area contributed by atoms with Crippen LogP contribution in [0.2, 0.25) is 0 Å². The van der Waals surface area contributed by atoms with Crippen molar-refractivity contribution in [1.82, 2.24) is 10.6 Å². The van der Waals surface area contributed by atoms with Gasteiger partial charge in [-0.15, -0.1) is 0 Å². The molecule has 5 nitrogen and oxygen atoms in total. The molecule has 3 N–H and O–H groups in total. The predicted molar refractivity (Wildman–Crippen MR) is 106 cm³/mol. The van der Waals surface area contributed by atoms with E-state index in [1.54, 1.807) is 36.4 Å². The van der Waals surface area contributed by atoms with Crippen molar-refractivity contribution in [2.45, 2.75) is 19.0 Å². The van der Waals surface area contributed by atoms with Gasteiger partial charge in [0.05, 0.1) is 0 Å². The van der Waals surface area contributed by atoms with Crippen LogP contribution in [0.4, 0.5) is 10.1 Å². The Balaban J connectivity index is 1.47. The van der Waals surface area contributed by atoms with E-state index in [1.165, 1.54) is 12.1 Å². The lowest BCUT2D eigenvalue weighted by molar-refractivity contribution is -0.116. The lowest BCUT2D eigenvalue weighted by atomic mass is 10.1. The monoisotopic (exact) mass is 387 g/mol. The maximum absolute atomic E-state index is 12.9. The van der Waals surface area contributed by atoms with Crippen molar-refractivity contribution in [3.05, 3.63) is 65.5 Å². The van der Waals surface area contributed by atoms with Crippen LogP contribution in [0.3, 0.4) is 0 Å². The molecule has 2 amide bonds. The van der Waals surface area contributed by atoms with Crippen LogP contribution in [-0.2, 0) is 11.3 Å². The largest absolute Gasteiger partial charge is 0.348 e. The van der Waals surface area contributed by atoms with E-state index in [9.17, 15) is 14.0 Å². The van der Waals surface area contributed by atoms with Crippen molar-refractivity contribution >= 4 is 29.3 Å². The van der Waals surface area contributed by atoms with Crippen molar-refractivity contribution in [2.75, 3.05) is 23.4 Å².